The zero-order valence-corrected chi connectivity index (χ0v) is 17.4. The van der Waals surface area contributed by atoms with Crippen LogP contribution in [0.4, 0.5) is 5.69 Å². The molecule has 9 heteroatoms. The Kier molecular flexibility index (Phi) is 6.79. The number of rotatable bonds is 6. The molecule has 2 aromatic carbocycles. The molecule has 2 N–H and O–H groups in total. The van der Waals surface area contributed by atoms with Crippen LogP contribution < -0.4 is 20.1 Å². The molecule has 1 unspecified atom stereocenters. The van der Waals surface area contributed by atoms with E-state index in [2.05, 4.69) is 10.6 Å². The Bertz CT molecular complexity index is 948. The molecule has 8 nitrogen and oxygen atoms in total. The number of carbonyl (C=O) groups excluding carboxylic acids is 3. The first-order valence-corrected chi connectivity index (χ1v) is 9.67. The summed E-state index contributed by atoms with van der Waals surface area (Å²) in [6.07, 6.45) is -0.173. The lowest BCUT2D eigenvalue weighted by Gasteiger charge is -2.34. The van der Waals surface area contributed by atoms with E-state index >= 15 is 0 Å². The lowest BCUT2D eigenvalue weighted by atomic mass is 10.1. The molecule has 2 aromatic rings. The van der Waals surface area contributed by atoms with E-state index in [0.29, 0.717) is 34.3 Å². The highest BCUT2D eigenvalue weighted by Gasteiger charge is 2.35. The molecule has 0 saturated carbocycles. The second-order valence-electron chi connectivity index (χ2n) is 6.63. The summed E-state index contributed by atoms with van der Waals surface area (Å²) in [5, 5.41) is 5.98. The number of piperazine rings is 1. The van der Waals surface area contributed by atoms with E-state index in [9.17, 15) is 14.4 Å². The van der Waals surface area contributed by atoms with Crippen LogP contribution in [0.2, 0.25) is 5.02 Å². The van der Waals surface area contributed by atoms with E-state index in [1.165, 1.54) is 19.1 Å². The van der Waals surface area contributed by atoms with Crippen LogP contribution in [0.25, 0.3) is 0 Å². The van der Waals surface area contributed by atoms with Crippen LogP contribution in [0, 0.1) is 0 Å². The maximum Gasteiger partial charge on any atom is 0.254 e. The van der Waals surface area contributed by atoms with Gasteiger partial charge in [-0.15, -0.1) is 0 Å². The predicted molar refractivity (Wildman–Crippen MR) is 112 cm³/mol. The molecule has 1 heterocycles. The van der Waals surface area contributed by atoms with Crippen LogP contribution in [0.1, 0.15) is 16.8 Å². The zero-order chi connectivity index (χ0) is 21.7. The summed E-state index contributed by atoms with van der Waals surface area (Å²) in [7, 11) is 2.98. The lowest BCUT2D eigenvalue weighted by Crippen LogP contribution is -2.58. The van der Waals surface area contributed by atoms with Crippen LogP contribution in [-0.2, 0) is 9.59 Å². The Balaban J connectivity index is 1.77. The smallest absolute Gasteiger partial charge is 0.254 e. The van der Waals surface area contributed by atoms with E-state index in [1.54, 1.807) is 42.5 Å². The van der Waals surface area contributed by atoms with Gasteiger partial charge in [-0.1, -0.05) is 11.6 Å². The topological polar surface area (TPSA) is 97.0 Å². The summed E-state index contributed by atoms with van der Waals surface area (Å²) in [5.41, 5.74) is 0.892. The molecular formula is C21H22ClN3O5. The quantitative estimate of drug-likeness (QED) is 0.731. The van der Waals surface area contributed by atoms with Crippen molar-refractivity contribution in [3.63, 3.8) is 0 Å². The van der Waals surface area contributed by atoms with Crippen molar-refractivity contribution < 1.29 is 23.9 Å². The third kappa shape index (κ3) is 4.83. The minimum atomic E-state index is -0.924. The van der Waals surface area contributed by atoms with Crippen molar-refractivity contribution in [3.8, 4) is 11.5 Å². The molecule has 3 rings (SSSR count). The minimum absolute atomic E-state index is 0.173. The highest BCUT2D eigenvalue weighted by Crippen LogP contribution is 2.28. The number of ether oxygens (including phenoxy) is 2. The monoisotopic (exact) mass is 431 g/mol. The number of amides is 3. The molecule has 0 aliphatic carbocycles. The Hall–Kier alpha value is -3.26. The van der Waals surface area contributed by atoms with Gasteiger partial charge in [0.15, 0.2) is 11.5 Å². The first-order chi connectivity index (χ1) is 14.4. The van der Waals surface area contributed by atoms with Gasteiger partial charge in [-0.2, -0.15) is 0 Å². The highest BCUT2D eigenvalue weighted by atomic mass is 35.5. The van der Waals surface area contributed by atoms with Gasteiger partial charge in [-0.25, -0.2) is 0 Å². The summed E-state index contributed by atoms with van der Waals surface area (Å²) in [5.74, 6) is -0.230. The summed E-state index contributed by atoms with van der Waals surface area (Å²) in [6, 6.07) is 10.5. The number of methoxy groups -OCH3 is 2. The third-order valence-electron chi connectivity index (χ3n) is 4.73. The fourth-order valence-electron chi connectivity index (χ4n) is 3.22. The molecule has 0 bridgehead atoms. The summed E-state index contributed by atoms with van der Waals surface area (Å²) < 4.78 is 10.4. The van der Waals surface area contributed by atoms with Crippen molar-refractivity contribution in [2.24, 2.45) is 0 Å². The lowest BCUT2D eigenvalue weighted by molar-refractivity contribution is -0.131. The third-order valence-corrected chi connectivity index (χ3v) is 4.98. The summed E-state index contributed by atoms with van der Waals surface area (Å²) in [6.45, 7) is 0.602. The number of halogens is 1. The first kappa shape index (κ1) is 21.4. The van der Waals surface area contributed by atoms with Gasteiger partial charge in [0.2, 0.25) is 11.8 Å². The van der Waals surface area contributed by atoms with E-state index in [1.807, 2.05) is 0 Å². The average molecular weight is 432 g/mol. The Morgan fingerprint density at radius 2 is 1.83 bits per heavy atom. The highest BCUT2D eigenvalue weighted by molar-refractivity contribution is 6.30. The fraction of sp³-hybridized carbons (Fsp3) is 0.286. The minimum Gasteiger partial charge on any atom is -0.493 e. The number of nitrogens with one attached hydrogen (secondary N) is 2. The van der Waals surface area contributed by atoms with Gasteiger partial charge in [0.05, 0.1) is 20.6 Å². The number of nitrogens with zero attached hydrogens (tertiary/aromatic N) is 1. The number of carbonyl (C=O) groups is 3. The van der Waals surface area contributed by atoms with Crippen molar-refractivity contribution in [1.82, 2.24) is 10.2 Å². The van der Waals surface area contributed by atoms with Crippen molar-refractivity contribution in [1.29, 1.82) is 0 Å². The summed E-state index contributed by atoms with van der Waals surface area (Å²) in [4.78, 5) is 39.5. The Morgan fingerprint density at radius 3 is 2.50 bits per heavy atom. The number of benzene rings is 2. The molecule has 1 aliphatic heterocycles. The molecule has 0 radical (unpaired) electrons. The SMILES string of the molecule is COc1ccc(C(=O)N2CCNC(=O)C2CC(=O)Nc2ccc(Cl)cc2)cc1OC. The van der Waals surface area contributed by atoms with Crippen molar-refractivity contribution in [3.05, 3.63) is 53.1 Å². The molecule has 1 saturated heterocycles. The van der Waals surface area contributed by atoms with Crippen molar-refractivity contribution in [2.45, 2.75) is 12.5 Å². The fourth-order valence-corrected chi connectivity index (χ4v) is 3.34. The van der Waals surface area contributed by atoms with E-state index < -0.39 is 6.04 Å². The van der Waals surface area contributed by atoms with E-state index in [4.69, 9.17) is 21.1 Å². The molecule has 0 aromatic heterocycles. The van der Waals surface area contributed by atoms with Crippen LogP contribution in [0.15, 0.2) is 42.5 Å². The molecular weight excluding hydrogens is 410 g/mol. The number of hydrogen-bond donors (Lipinski definition) is 2. The maximum absolute atomic E-state index is 13.1. The van der Waals surface area contributed by atoms with Crippen LogP contribution >= 0.6 is 11.6 Å². The number of hydrogen-bond acceptors (Lipinski definition) is 5. The van der Waals surface area contributed by atoms with Gasteiger partial charge in [0.25, 0.3) is 5.91 Å². The first-order valence-electron chi connectivity index (χ1n) is 9.29. The largest absolute Gasteiger partial charge is 0.493 e. The van der Waals surface area contributed by atoms with Gasteiger partial charge < -0.3 is 25.0 Å². The zero-order valence-electron chi connectivity index (χ0n) is 16.6. The van der Waals surface area contributed by atoms with Gasteiger partial charge >= 0.3 is 0 Å². The predicted octanol–water partition coefficient (Wildman–Crippen LogP) is 2.33. The normalized spacial score (nSPS) is 15.9. The van der Waals surface area contributed by atoms with Crippen molar-refractivity contribution in [2.75, 3.05) is 32.6 Å². The maximum atomic E-state index is 13.1. The molecule has 0 spiro atoms. The standard InChI is InChI=1S/C21H22ClN3O5/c1-29-17-8-3-13(11-18(17)30-2)21(28)25-10-9-23-20(27)16(25)12-19(26)24-15-6-4-14(22)5-7-15/h3-8,11,16H,9-10,12H2,1-2H3,(H,23,27)(H,24,26). The molecule has 30 heavy (non-hydrogen) atoms. The van der Waals surface area contributed by atoms with Gasteiger partial charge in [0, 0.05) is 29.4 Å². The molecule has 1 aliphatic rings. The van der Waals surface area contributed by atoms with Gasteiger partial charge in [-0.05, 0) is 42.5 Å². The second-order valence-corrected chi connectivity index (χ2v) is 7.07. The molecule has 3 amide bonds. The van der Waals surface area contributed by atoms with E-state index in [0.717, 1.165) is 0 Å². The molecule has 1 atom stereocenters. The van der Waals surface area contributed by atoms with Crippen LogP contribution in [-0.4, -0.2) is 56.0 Å². The summed E-state index contributed by atoms with van der Waals surface area (Å²) >= 11 is 5.85. The van der Waals surface area contributed by atoms with Crippen LogP contribution in [0.3, 0.4) is 0 Å². The second kappa shape index (κ2) is 9.49. The Morgan fingerprint density at radius 1 is 1.13 bits per heavy atom. The van der Waals surface area contributed by atoms with Crippen molar-refractivity contribution >= 4 is 35.0 Å². The average Bonchev–Trinajstić information content (AvgIpc) is 2.75. The molecule has 158 valence electrons. The molecule has 1 fully saturated rings. The van der Waals surface area contributed by atoms with Gasteiger partial charge in [0.1, 0.15) is 6.04 Å². The van der Waals surface area contributed by atoms with E-state index in [-0.39, 0.29) is 30.7 Å². The number of anilines is 1. The van der Waals surface area contributed by atoms with Crippen LogP contribution in [0.5, 0.6) is 11.5 Å². The van der Waals surface area contributed by atoms with Gasteiger partial charge in [-0.3, -0.25) is 14.4 Å². The Labute approximate surface area is 179 Å².